The third-order valence-corrected chi connectivity index (χ3v) is 3.35. The highest BCUT2D eigenvalue weighted by Crippen LogP contribution is 2.34. The van der Waals surface area contributed by atoms with E-state index in [0.29, 0.717) is 41.6 Å². The SMILES string of the molecule is CCOc1cccc(N(C=O)C(=O)Nc2ccc3c(c2)OCO3)c1. The van der Waals surface area contributed by atoms with Crippen molar-refractivity contribution in [3.8, 4) is 17.2 Å². The van der Waals surface area contributed by atoms with Gasteiger partial charge < -0.3 is 19.5 Å². The number of fused-ring (bicyclic) bond motifs is 1. The summed E-state index contributed by atoms with van der Waals surface area (Å²) in [4.78, 5) is 24.7. The van der Waals surface area contributed by atoms with Crippen LogP contribution >= 0.6 is 0 Å². The summed E-state index contributed by atoms with van der Waals surface area (Å²) in [5.74, 6) is 1.74. The Bertz CT molecular complexity index is 762. The van der Waals surface area contributed by atoms with Crippen molar-refractivity contribution in [2.75, 3.05) is 23.6 Å². The fraction of sp³-hybridized carbons (Fsp3) is 0.176. The zero-order chi connectivity index (χ0) is 16.9. The summed E-state index contributed by atoms with van der Waals surface area (Å²) in [6.45, 7) is 2.50. The maximum atomic E-state index is 12.4. The zero-order valence-corrected chi connectivity index (χ0v) is 13.0. The minimum absolute atomic E-state index is 0.150. The maximum absolute atomic E-state index is 12.4. The van der Waals surface area contributed by atoms with Crippen LogP contribution < -0.4 is 24.4 Å². The van der Waals surface area contributed by atoms with Gasteiger partial charge in [-0.2, -0.15) is 0 Å². The predicted molar refractivity (Wildman–Crippen MR) is 87.7 cm³/mol. The molecule has 3 rings (SSSR count). The van der Waals surface area contributed by atoms with E-state index in [1.54, 1.807) is 42.5 Å². The van der Waals surface area contributed by atoms with Crippen LogP contribution in [-0.2, 0) is 4.79 Å². The Labute approximate surface area is 138 Å². The van der Waals surface area contributed by atoms with Crippen LogP contribution in [0.4, 0.5) is 16.2 Å². The monoisotopic (exact) mass is 328 g/mol. The summed E-state index contributed by atoms with van der Waals surface area (Å²) in [5.41, 5.74) is 0.909. The van der Waals surface area contributed by atoms with Crippen LogP contribution in [0.3, 0.4) is 0 Å². The van der Waals surface area contributed by atoms with Gasteiger partial charge in [0.05, 0.1) is 12.3 Å². The topological polar surface area (TPSA) is 77.1 Å². The van der Waals surface area contributed by atoms with E-state index >= 15 is 0 Å². The third-order valence-electron chi connectivity index (χ3n) is 3.35. The van der Waals surface area contributed by atoms with Crippen LogP contribution in [0, 0.1) is 0 Å². The van der Waals surface area contributed by atoms with Crippen molar-refractivity contribution in [3.05, 3.63) is 42.5 Å². The Morgan fingerprint density at radius 2 is 2.08 bits per heavy atom. The molecule has 0 aliphatic carbocycles. The maximum Gasteiger partial charge on any atom is 0.332 e. The normalized spacial score (nSPS) is 11.7. The molecule has 2 aromatic carbocycles. The van der Waals surface area contributed by atoms with E-state index in [4.69, 9.17) is 14.2 Å². The lowest BCUT2D eigenvalue weighted by molar-refractivity contribution is -0.106. The first-order valence-electron chi connectivity index (χ1n) is 7.39. The van der Waals surface area contributed by atoms with Gasteiger partial charge in [-0.1, -0.05) is 6.07 Å². The molecule has 0 unspecified atom stereocenters. The minimum atomic E-state index is -0.586. The number of hydrogen-bond donors (Lipinski definition) is 1. The molecule has 0 atom stereocenters. The minimum Gasteiger partial charge on any atom is -0.494 e. The molecule has 0 saturated heterocycles. The van der Waals surface area contributed by atoms with E-state index in [-0.39, 0.29) is 6.79 Å². The molecule has 0 aromatic heterocycles. The van der Waals surface area contributed by atoms with Gasteiger partial charge in [0, 0.05) is 17.8 Å². The Kier molecular flexibility index (Phi) is 4.51. The highest BCUT2D eigenvalue weighted by Gasteiger charge is 2.18. The van der Waals surface area contributed by atoms with E-state index in [2.05, 4.69) is 5.32 Å². The summed E-state index contributed by atoms with van der Waals surface area (Å²) in [6.07, 6.45) is 0.452. The van der Waals surface area contributed by atoms with Crippen LogP contribution in [0.15, 0.2) is 42.5 Å². The molecule has 124 valence electrons. The Morgan fingerprint density at radius 3 is 2.88 bits per heavy atom. The number of anilines is 2. The van der Waals surface area contributed by atoms with E-state index in [1.165, 1.54) is 0 Å². The first kappa shape index (κ1) is 15.7. The highest BCUT2D eigenvalue weighted by molar-refractivity contribution is 6.12. The molecule has 0 spiro atoms. The Hall–Kier alpha value is -3.22. The van der Waals surface area contributed by atoms with Crippen molar-refractivity contribution in [2.24, 2.45) is 0 Å². The van der Waals surface area contributed by atoms with Crippen molar-refractivity contribution in [2.45, 2.75) is 6.92 Å². The lowest BCUT2D eigenvalue weighted by Crippen LogP contribution is -2.33. The van der Waals surface area contributed by atoms with Gasteiger partial charge in [-0.3, -0.25) is 4.79 Å². The molecule has 0 saturated carbocycles. The van der Waals surface area contributed by atoms with Crippen LogP contribution in [0.2, 0.25) is 0 Å². The number of nitrogens with zero attached hydrogens (tertiary/aromatic N) is 1. The lowest BCUT2D eigenvalue weighted by Gasteiger charge is -2.17. The van der Waals surface area contributed by atoms with E-state index < -0.39 is 6.03 Å². The average molecular weight is 328 g/mol. The van der Waals surface area contributed by atoms with E-state index in [9.17, 15) is 9.59 Å². The molecule has 2 aromatic rings. The van der Waals surface area contributed by atoms with Gasteiger partial charge in [-0.25, -0.2) is 9.69 Å². The average Bonchev–Trinajstić information content (AvgIpc) is 3.04. The number of ether oxygens (including phenoxy) is 3. The molecular formula is C17H16N2O5. The van der Waals surface area contributed by atoms with Crippen LogP contribution in [-0.4, -0.2) is 25.8 Å². The Balaban J connectivity index is 1.77. The summed E-state index contributed by atoms with van der Waals surface area (Å²) in [6, 6.07) is 11.2. The first-order chi connectivity index (χ1) is 11.7. The Morgan fingerprint density at radius 1 is 1.25 bits per heavy atom. The molecule has 7 heteroatoms. The van der Waals surface area contributed by atoms with Gasteiger partial charge >= 0.3 is 6.03 Å². The number of urea groups is 1. The van der Waals surface area contributed by atoms with Gasteiger partial charge in [0.1, 0.15) is 5.75 Å². The number of amides is 3. The third kappa shape index (κ3) is 3.24. The molecule has 1 aliphatic rings. The highest BCUT2D eigenvalue weighted by atomic mass is 16.7. The van der Waals surface area contributed by atoms with Crippen LogP contribution in [0.1, 0.15) is 6.92 Å². The number of benzene rings is 2. The van der Waals surface area contributed by atoms with Crippen molar-refractivity contribution in [3.63, 3.8) is 0 Å². The number of carbonyl (C=O) groups excluding carboxylic acids is 2. The van der Waals surface area contributed by atoms with Crippen molar-refractivity contribution in [1.82, 2.24) is 0 Å². The molecule has 7 nitrogen and oxygen atoms in total. The van der Waals surface area contributed by atoms with Crippen molar-refractivity contribution >= 4 is 23.8 Å². The molecule has 0 radical (unpaired) electrons. The fourth-order valence-electron chi connectivity index (χ4n) is 2.27. The second kappa shape index (κ2) is 6.91. The first-order valence-corrected chi connectivity index (χ1v) is 7.39. The summed E-state index contributed by atoms with van der Waals surface area (Å²) in [5, 5.41) is 2.65. The number of hydrogen-bond acceptors (Lipinski definition) is 5. The smallest absolute Gasteiger partial charge is 0.332 e. The molecule has 1 aliphatic heterocycles. The molecule has 3 amide bonds. The van der Waals surface area contributed by atoms with Gasteiger partial charge in [-0.05, 0) is 31.2 Å². The molecule has 1 N–H and O–H groups in total. The second-order valence-electron chi connectivity index (χ2n) is 4.90. The number of carbonyl (C=O) groups is 2. The van der Waals surface area contributed by atoms with Gasteiger partial charge in [0.25, 0.3) is 0 Å². The summed E-state index contributed by atoms with van der Waals surface area (Å²) in [7, 11) is 0. The largest absolute Gasteiger partial charge is 0.494 e. The van der Waals surface area contributed by atoms with E-state index in [0.717, 1.165) is 4.90 Å². The van der Waals surface area contributed by atoms with Gasteiger partial charge in [0.15, 0.2) is 11.5 Å². The van der Waals surface area contributed by atoms with Crippen molar-refractivity contribution in [1.29, 1.82) is 0 Å². The molecule has 0 fully saturated rings. The van der Waals surface area contributed by atoms with Gasteiger partial charge in [-0.15, -0.1) is 0 Å². The molecular weight excluding hydrogens is 312 g/mol. The summed E-state index contributed by atoms with van der Waals surface area (Å²) >= 11 is 0. The quantitative estimate of drug-likeness (QED) is 0.854. The van der Waals surface area contributed by atoms with Gasteiger partial charge in [0.2, 0.25) is 13.2 Å². The zero-order valence-electron chi connectivity index (χ0n) is 13.0. The number of nitrogens with one attached hydrogen (secondary N) is 1. The molecule has 0 bridgehead atoms. The van der Waals surface area contributed by atoms with Crippen LogP contribution in [0.25, 0.3) is 0 Å². The fourth-order valence-corrected chi connectivity index (χ4v) is 2.27. The van der Waals surface area contributed by atoms with Crippen molar-refractivity contribution < 1.29 is 23.8 Å². The predicted octanol–water partition coefficient (Wildman–Crippen LogP) is 3.01. The number of rotatable bonds is 5. The molecule has 24 heavy (non-hydrogen) atoms. The summed E-state index contributed by atoms with van der Waals surface area (Å²) < 4.78 is 15.9. The lowest BCUT2D eigenvalue weighted by atomic mass is 10.2. The standard InChI is InChI=1S/C17H16N2O5/c1-2-22-14-5-3-4-13(9-14)19(10-20)17(21)18-12-6-7-15-16(8-12)24-11-23-15/h3-10H,2,11H2,1H3,(H,18,21). The van der Waals surface area contributed by atoms with Crippen LogP contribution in [0.5, 0.6) is 17.2 Å². The molecule has 1 heterocycles. The number of imide groups is 1. The van der Waals surface area contributed by atoms with E-state index in [1.807, 2.05) is 6.92 Å². The second-order valence-corrected chi connectivity index (χ2v) is 4.90.